The molecule has 1 heterocycles. The number of carbonyl (C=O) groups is 1. The summed E-state index contributed by atoms with van der Waals surface area (Å²) in [5.74, 6) is -0.886. The van der Waals surface area contributed by atoms with Crippen LogP contribution in [0.25, 0.3) is 0 Å². The molecule has 2 N–H and O–H groups in total. The first-order valence-electron chi connectivity index (χ1n) is 5.04. The Morgan fingerprint density at radius 3 is 2.81 bits per heavy atom. The third-order valence-corrected chi connectivity index (χ3v) is 3.12. The summed E-state index contributed by atoms with van der Waals surface area (Å²) in [7, 11) is 1.29. The third-order valence-electron chi connectivity index (χ3n) is 3.12. The van der Waals surface area contributed by atoms with Crippen LogP contribution in [-0.4, -0.2) is 24.1 Å². The monoisotopic (exact) mass is 224 g/mol. The zero-order valence-corrected chi connectivity index (χ0v) is 8.94. The molecule has 0 radical (unpaired) electrons. The van der Waals surface area contributed by atoms with Crippen molar-refractivity contribution in [1.29, 1.82) is 0 Å². The summed E-state index contributed by atoms with van der Waals surface area (Å²) in [5.41, 5.74) is 6.01. The van der Waals surface area contributed by atoms with Gasteiger partial charge in [0.25, 0.3) is 0 Å². The molecule has 0 saturated heterocycles. The first-order chi connectivity index (χ1) is 7.60. The van der Waals surface area contributed by atoms with Gasteiger partial charge >= 0.3 is 5.97 Å². The molecule has 1 fully saturated rings. The van der Waals surface area contributed by atoms with Crippen LogP contribution in [0.2, 0.25) is 0 Å². The Kier molecular flexibility index (Phi) is 2.63. The Hall–Kier alpha value is -1.49. The predicted molar refractivity (Wildman–Crippen MR) is 55.1 cm³/mol. The maximum absolute atomic E-state index is 13.1. The van der Waals surface area contributed by atoms with Crippen molar-refractivity contribution in [1.82, 2.24) is 4.98 Å². The highest BCUT2D eigenvalue weighted by atomic mass is 19.1. The minimum atomic E-state index is -0.749. The molecule has 2 rings (SSSR count). The number of halogens is 1. The van der Waals surface area contributed by atoms with E-state index in [4.69, 9.17) is 5.73 Å². The quantitative estimate of drug-likeness (QED) is 0.769. The van der Waals surface area contributed by atoms with Gasteiger partial charge in [-0.1, -0.05) is 0 Å². The van der Waals surface area contributed by atoms with E-state index in [0.29, 0.717) is 5.56 Å². The Morgan fingerprint density at radius 2 is 2.31 bits per heavy atom. The number of nitrogens with two attached hydrogens (primary N) is 1. The lowest BCUT2D eigenvalue weighted by molar-refractivity contribution is -0.143. The number of rotatable bonds is 3. The molecule has 0 bridgehead atoms. The number of esters is 1. The average Bonchev–Trinajstić information content (AvgIpc) is 3.08. The van der Waals surface area contributed by atoms with Gasteiger partial charge in [-0.05, 0) is 24.5 Å². The van der Waals surface area contributed by atoms with Gasteiger partial charge in [0, 0.05) is 11.6 Å². The lowest BCUT2D eigenvalue weighted by Gasteiger charge is -2.21. The largest absolute Gasteiger partial charge is 0.468 e. The van der Waals surface area contributed by atoms with Gasteiger partial charge in [0.05, 0.1) is 13.3 Å². The van der Waals surface area contributed by atoms with Crippen molar-refractivity contribution in [2.24, 2.45) is 5.73 Å². The third kappa shape index (κ3) is 1.67. The molecule has 1 atom stereocenters. The second-order valence-electron chi connectivity index (χ2n) is 4.05. The van der Waals surface area contributed by atoms with Crippen LogP contribution in [0.5, 0.6) is 0 Å². The maximum atomic E-state index is 13.1. The fourth-order valence-corrected chi connectivity index (χ4v) is 1.95. The zero-order valence-electron chi connectivity index (χ0n) is 8.94. The van der Waals surface area contributed by atoms with Gasteiger partial charge in [-0.15, -0.1) is 0 Å². The van der Waals surface area contributed by atoms with Crippen molar-refractivity contribution in [3.8, 4) is 0 Å². The molecule has 1 unspecified atom stereocenters. The molecule has 1 aromatic heterocycles. The zero-order chi connectivity index (χ0) is 11.8. The highest BCUT2D eigenvalue weighted by Gasteiger charge is 2.53. The Balaban J connectivity index is 2.29. The van der Waals surface area contributed by atoms with Crippen LogP contribution in [-0.2, 0) is 14.9 Å². The van der Waals surface area contributed by atoms with Gasteiger partial charge in [0.1, 0.15) is 11.9 Å². The molecule has 86 valence electrons. The van der Waals surface area contributed by atoms with Gasteiger partial charge in [0.15, 0.2) is 0 Å². The molecule has 1 aliphatic rings. The van der Waals surface area contributed by atoms with Crippen LogP contribution in [0.15, 0.2) is 18.5 Å². The summed E-state index contributed by atoms with van der Waals surface area (Å²) >= 11 is 0. The molecular weight excluding hydrogens is 211 g/mol. The van der Waals surface area contributed by atoms with Crippen molar-refractivity contribution in [3.05, 3.63) is 29.8 Å². The summed E-state index contributed by atoms with van der Waals surface area (Å²) in [4.78, 5) is 15.2. The van der Waals surface area contributed by atoms with E-state index in [-0.39, 0.29) is 0 Å². The van der Waals surface area contributed by atoms with E-state index in [9.17, 15) is 9.18 Å². The summed E-state index contributed by atoms with van der Waals surface area (Å²) < 4.78 is 17.7. The van der Waals surface area contributed by atoms with Crippen LogP contribution in [0.3, 0.4) is 0 Å². The molecule has 1 aromatic rings. The molecule has 4 nitrogen and oxygen atoms in total. The number of carbonyl (C=O) groups excluding carboxylic acids is 1. The lowest BCUT2D eigenvalue weighted by atomic mass is 9.89. The molecule has 0 amide bonds. The fourth-order valence-electron chi connectivity index (χ4n) is 1.95. The number of ether oxygens (including phenoxy) is 1. The van der Waals surface area contributed by atoms with Crippen LogP contribution >= 0.6 is 0 Å². The number of hydrogen-bond acceptors (Lipinski definition) is 4. The molecule has 16 heavy (non-hydrogen) atoms. The van der Waals surface area contributed by atoms with Gasteiger partial charge < -0.3 is 10.5 Å². The summed E-state index contributed by atoms with van der Waals surface area (Å²) in [6.45, 7) is 0. The topological polar surface area (TPSA) is 65.2 Å². The number of nitrogens with zero attached hydrogens (tertiary/aromatic N) is 1. The molecule has 1 aliphatic carbocycles. The highest BCUT2D eigenvalue weighted by molar-refractivity contribution is 5.78. The number of hydrogen-bond donors (Lipinski definition) is 1. The van der Waals surface area contributed by atoms with E-state index >= 15 is 0 Å². The van der Waals surface area contributed by atoms with E-state index in [1.807, 2.05) is 0 Å². The molecule has 0 aliphatic heterocycles. The number of aromatic nitrogens is 1. The molecule has 5 heteroatoms. The first kappa shape index (κ1) is 11.0. The molecule has 1 saturated carbocycles. The molecule has 0 spiro atoms. The van der Waals surface area contributed by atoms with E-state index < -0.39 is 23.2 Å². The smallest absolute Gasteiger partial charge is 0.323 e. The SMILES string of the molecule is COC(=O)C(N)C1(c2cncc(F)c2)CC1. The van der Waals surface area contributed by atoms with Crippen LogP contribution in [0.4, 0.5) is 4.39 Å². The van der Waals surface area contributed by atoms with E-state index in [0.717, 1.165) is 19.0 Å². The Morgan fingerprint density at radius 1 is 1.62 bits per heavy atom. The maximum Gasteiger partial charge on any atom is 0.323 e. The minimum Gasteiger partial charge on any atom is -0.468 e. The van der Waals surface area contributed by atoms with E-state index in [1.54, 1.807) is 6.20 Å². The van der Waals surface area contributed by atoms with Crippen molar-refractivity contribution in [2.45, 2.75) is 24.3 Å². The number of pyridine rings is 1. The normalized spacial score (nSPS) is 18.9. The first-order valence-corrected chi connectivity index (χ1v) is 5.04. The van der Waals surface area contributed by atoms with Crippen molar-refractivity contribution < 1.29 is 13.9 Å². The van der Waals surface area contributed by atoms with Crippen molar-refractivity contribution >= 4 is 5.97 Å². The summed E-state index contributed by atoms with van der Waals surface area (Å²) in [5, 5.41) is 0. The summed E-state index contributed by atoms with van der Waals surface area (Å²) in [6, 6.07) is 0.629. The summed E-state index contributed by atoms with van der Waals surface area (Å²) in [6.07, 6.45) is 4.20. The van der Waals surface area contributed by atoms with E-state index in [1.165, 1.54) is 13.2 Å². The second-order valence-corrected chi connectivity index (χ2v) is 4.05. The lowest BCUT2D eigenvalue weighted by Crippen LogP contribution is -2.42. The Bertz CT molecular complexity index is 418. The van der Waals surface area contributed by atoms with Crippen molar-refractivity contribution in [2.75, 3.05) is 7.11 Å². The fraction of sp³-hybridized carbons (Fsp3) is 0.455. The minimum absolute atomic E-state index is 0.416. The van der Waals surface area contributed by atoms with E-state index in [2.05, 4.69) is 9.72 Å². The van der Waals surface area contributed by atoms with Crippen LogP contribution in [0, 0.1) is 5.82 Å². The predicted octanol–water partition coefficient (Wildman–Crippen LogP) is 0.753. The second kappa shape index (κ2) is 3.83. The average molecular weight is 224 g/mol. The van der Waals surface area contributed by atoms with Gasteiger partial charge in [-0.25, -0.2) is 4.39 Å². The van der Waals surface area contributed by atoms with Crippen molar-refractivity contribution in [3.63, 3.8) is 0 Å². The van der Waals surface area contributed by atoms with Crippen LogP contribution in [0.1, 0.15) is 18.4 Å². The van der Waals surface area contributed by atoms with Crippen LogP contribution < -0.4 is 5.73 Å². The highest BCUT2D eigenvalue weighted by Crippen LogP contribution is 2.50. The molecular formula is C11H13FN2O2. The standard InChI is InChI=1S/C11H13FN2O2/c1-16-10(15)9(13)11(2-3-11)7-4-8(12)6-14-5-7/h4-6,9H,2-3,13H2,1H3. The molecule has 0 aromatic carbocycles. The van der Waals surface area contributed by atoms with Gasteiger partial charge in [-0.3, -0.25) is 9.78 Å². The number of methoxy groups -OCH3 is 1. The van der Waals surface area contributed by atoms with Gasteiger partial charge in [-0.2, -0.15) is 0 Å². The van der Waals surface area contributed by atoms with Gasteiger partial charge in [0.2, 0.25) is 0 Å². The Labute approximate surface area is 92.6 Å².